The lowest BCUT2D eigenvalue weighted by Crippen LogP contribution is -2.46. The minimum absolute atomic E-state index is 0.234. The van der Waals surface area contributed by atoms with E-state index in [9.17, 15) is 14.3 Å². The Hall–Kier alpha value is -1.42. The second kappa shape index (κ2) is 5.06. The molecule has 0 radical (unpaired) electrons. The molecule has 0 bridgehead atoms. The van der Waals surface area contributed by atoms with E-state index >= 15 is 0 Å². The Balaban J connectivity index is 1.99. The van der Waals surface area contributed by atoms with Crippen LogP contribution >= 0.6 is 0 Å². The molecule has 1 saturated carbocycles. The predicted molar refractivity (Wildman–Crippen MR) is 66.7 cm³/mol. The van der Waals surface area contributed by atoms with Gasteiger partial charge in [0.15, 0.2) is 0 Å². The van der Waals surface area contributed by atoms with E-state index in [0.717, 1.165) is 19.3 Å². The largest absolute Gasteiger partial charge is 0.481 e. The molecule has 1 aliphatic rings. The number of hydrogen-bond donors (Lipinski definition) is 1. The highest BCUT2D eigenvalue weighted by molar-refractivity contribution is 5.76. The molecule has 0 aromatic heterocycles. The maximum absolute atomic E-state index is 13.5. The zero-order valence-electron chi connectivity index (χ0n) is 10.5. The average Bonchev–Trinajstić information content (AvgIpc) is 2.26. The molecule has 98 valence electrons. The van der Waals surface area contributed by atoms with Crippen LogP contribution in [0.5, 0.6) is 0 Å². The zero-order chi connectivity index (χ0) is 13.2. The molecule has 1 aliphatic carbocycles. The zero-order valence-corrected chi connectivity index (χ0v) is 10.5. The van der Waals surface area contributed by atoms with Crippen LogP contribution in [0.2, 0.25) is 0 Å². The third-order valence-electron chi connectivity index (χ3n) is 3.74. The fourth-order valence-corrected chi connectivity index (χ4v) is 2.53. The summed E-state index contributed by atoms with van der Waals surface area (Å²) in [6.45, 7) is 0.929. The van der Waals surface area contributed by atoms with Crippen molar-refractivity contribution in [2.75, 3.05) is 13.6 Å². The quantitative estimate of drug-likeness (QED) is 0.874. The first kappa shape index (κ1) is 13.0. The summed E-state index contributed by atoms with van der Waals surface area (Å²) < 4.78 is 13.5. The van der Waals surface area contributed by atoms with Gasteiger partial charge in [0, 0.05) is 18.7 Å². The second-order valence-electron chi connectivity index (χ2n) is 5.20. The molecule has 4 heteroatoms. The van der Waals surface area contributed by atoms with E-state index in [1.165, 1.54) is 6.07 Å². The lowest BCUT2D eigenvalue weighted by molar-refractivity contribution is -0.156. The summed E-state index contributed by atoms with van der Waals surface area (Å²) in [6.07, 6.45) is 2.42. The van der Waals surface area contributed by atoms with Gasteiger partial charge < -0.3 is 10.0 Å². The molecule has 3 nitrogen and oxygen atoms in total. The maximum atomic E-state index is 13.5. The number of rotatable bonds is 5. The molecule has 2 rings (SSSR count). The van der Waals surface area contributed by atoms with Crippen molar-refractivity contribution < 1.29 is 14.3 Å². The molecule has 0 heterocycles. The van der Waals surface area contributed by atoms with Crippen LogP contribution in [0, 0.1) is 11.2 Å². The van der Waals surface area contributed by atoms with E-state index in [1.54, 1.807) is 18.2 Å². The Morgan fingerprint density at radius 2 is 2.11 bits per heavy atom. The van der Waals surface area contributed by atoms with Gasteiger partial charge in [0.25, 0.3) is 0 Å². The summed E-state index contributed by atoms with van der Waals surface area (Å²) in [5.74, 6) is -0.962. The Morgan fingerprint density at radius 3 is 2.61 bits per heavy atom. The normalized spacial score (nSPS) is 17.5. The van der Waals surface area contributed by atoms with Crippen LogP contribution in [0.4, 0.5) is 4.39 Å². The van der Waals surface area contributed by atoms with E-state index in [4.69, 9.17) is 0 Å². The smallest absolute Gasteiger partial charge is 0.310 e. The minimum atomic E-state index is -0.728. The van der Waals surface area contributed by atoms with Gasteiger partial charge in [-0.25, -0.2) is 4.39 Å². The minimum Gasteiger partial charge on any atom is -0.481 e. The van der Waals surface area contributed by atoms with E-state index in [1.807, 2.05) is 11.9 Å². The van der Waals surface area contributed by atoms with Gasteiger partial charge in [0.2, 0.25) is 0 Å². The molecule has 1 fully saturated rings. The first-order valence-corrected chi connectivity index (χ1v) is 6.19. The number of hydrogen-bond acceptors (Lipinski definition) is 2. The number of benzene rings is 1. The molecule has 18 heavy (non-hydrogen) atoms. The number of carboxylic acids is 1. The molecule has 0 amide bonds. The highest BCUT2D eigenvalue weighted by Gasteiger charge is 2.44. The van der Waals surface area contributed by atoms with Crippen molar-refractivity contribution >= 4 is 5.97 Å². The van der Waals surface area contributed by atoms with Crippen molar-refractivity contribution in [3.05, 3.63) is 35.6 Å². The van der Waals surface area contributed by atoms with Crippen molar-refractivity contribution in [3.8, 4) is 0 Å². The fourth-order valence-electron chi connectivity index (χ4n) is 2.53. The molecule has 0 spiro atoms. The van der Waals surface area contributed by atoms with E-state index in [2.05, 4.69) is 0 Å². The van der Waals surface area contributed by atoms with Crippen LogP contribution in [0.1, 0.15) is 24.8 Å². The lowest BCUT2D eigenvalue weighted by atomic mass is 9.68. The van der Waals surface area contributed by atoms with Crippen LogP contribution in [0.3, 0.4) is 0 Å². The van der Waals surface area contributed by atoms with E-state index in [0.29, 0.717) is 18.7 Å². The van der Waals surface area contributed by atoms with E-state index < -0.39 is 11.4 Å². The van der Waals surface area contributed by atoms with Gasteiger partial charge in [0.1, 0.15) is 5.82 Å². The fraction of sp³-hybridized carbons (Fsp3) is 0.500. The lowest BCUT2D eigenvalue weighted by Gasteiger charge is -2.40. The van der Waals surface area contributed by atoms with Crippen LogP contribution in [-0.2, 0) is 11.3 Å². The maximum Gasteiger partial charge on any atom is 0.310 e. The molecule has 0 unspecified atom stereocenters. The van der Waals surface area contributed by atoms with Crippen molar-refractivity contribution in [1.82, 2.24) is 4.90 Å². The van der Waals surface area contributed by atoms with Crippen molar-refractivity contribution in [2.45, 2.75) is 25.8 Å². The summed E-state index contributed by atoms with van der Waals surface area (Å²) in [7, 11) is 1.84. The first-order valence-electron chi connectivity index (χ1n) is 6.19. The van der Waals surface area contributed by atoms with Crippen molar-refractivity contribution in [2.24, 2.45) is 5.41 Å². The molecule has 1 aromatic rings. The van der Waals surface area contributed by atoms with Gasteiger partial charge in [-0.15, -0.1) is 0 Å². The summed E-state index contributed by atoms with van der Waals surface area (Å²) in [4.78, 5) is 13.2. The highest BCUT2D eigenvalue weighted by atomic mass is 19.1. The average molecular weight is 251 g/mol. The summed E-state index contributed by atoms with van der Waals surface area (Å²) in [5.41, 5.74) is -0.000121. The Labute approximate surface area is 106 Å². The number of halogens is 1. The number of carboxylic acid groups (broad SMARTS) is 1. The third kappa shape index (κ3) is 2.53. The molecule has 1 aromatic carbocycles. The van der Waals surface area contributed by atoms with Gasteiger partial charge in [-0.1, -0.05) is 24.6 Å². The predicted octanol–water partition coefficient (Wildman–Crippen LogP) is 2.51. The van der Waals surface area contributed by atoms with Crippen LogP contribution < -0.4 is 0 Å². The monoisotopic (exact) mass is 251 g/mol. The highest BCUT2D eigenvalue weighted by Crippen LogP contribution is 2.41. The number of aliphatic carboxylic acids is 1. The van der Waals surface area contributed by atoms with E-state index in [-0.39, 0.29) is 5.82 Å². The topological polar surface area (TPSA) is 40.5 Å². The van der Waals surface area contributed by atoms with Gasteiger partial charge in [-0.3, -0.25) is 4.79 Å². The molecule has 0 aliphatic heterocycles. The van der Waals surface area contributed by atoms with Crippen molar-refractivity contribution in [3.63, 3.8) is 0 Å². The van der Waals surface area contributed by atoms with Crippen molar-refractivity contribution in [1.29, 1.82) is 0 Å². The number of nitrogens with zero attached hydrogens (tertiary/aromatic N) is 1. The number of carbonyl (C=O) groups is 1. The summed E-state index contributed by atoms with van der Waals surface area (Å²) in [5, 5.41) is 9.25. The van der Waals surface area contributed by atoms with Crippen LogP contribution in [0.25, 0.3) is 0 Å². The molecule has 1 N–H and O–H groups in total. The standard InChI is InChI=1S/C14H18FNO2/c1-16(9-11-5-2-3-6-12(11)15)10-14(13(17)18)7-4-8-14/h2-3,5-6H,4,7-10H2,1H3,(H,17,18). The van der Waals surface area contributed by atoms with Gasteiger partial charge in [-0.2, -0.15) is 0 Å². The summed E-state index contributed by atoms with van der Waals surface area (Å²) >= 11 is 0. The SMILES string of the molecule is CN(Cc1ccccc1F)CC1(C(=O)O)CCC1. The Morgan fingerprint density at radius 1 is 1.44 bits per heavy atom. The third-order valence-corrected chi connectivity index (χ3v) is 3.74. The van der Waals surface area contributed by atoms with Gasteiger partial charge in [-0.05, 0) is 26.0 Å². The molecule has 0 atom stereocenters. The summed E-state index contributed by atoms with van der Waals surface area (Å²) in [6, 6.07) is 6.62. The van der Waals surface area contributed by atoms with Gasteiger partial charge >= 0.3 is 5.97 Å². The Bertz CT molecular complexity index is 443. The molecular formula is C14H18FNO2. The van der Waals surface area contributed by atoms with Gasteiger partial charge in [0.05, 0.1) is 5.41 Å². The van der Waals surface area contributed by atoms with Crippen LogP contribution in [-0.4, -0.2) is 29.6 Å². The Kier molecular flexibility index (Phi) is 3.66. The first-order chi connectivity index (χ1) is 8.53. The second-order valence-corrected chi connectivity index (χ2v) is 5.20. The molecule has 0 saturated heterocycles. The van der Waals surface area contributed by atoms with Crippen LogP contribution in [0.15, 0.2) is 24.3 Å². The molecular weight excluding hydrogens is 233 g/mol.